The van der Waals surface area contributed by atoms with Crippen LogP contribution in [0.25, 0.3) is 11.1 Å². The molecule has 1 aliphatic carbocycles. The monoisotopic (exact) mass is 353 g/mol. The lowest BCUT2D eigenvalue weighted by Gasteiger charge is -2.41. The summed E-state index contributed by atoms with van der Waals surface area (Å²) >= 11 is 0. The van der Waals surface area contributed by atoms with Crippen LogP contribution in [0.4, 0.5) is 4.79 Å². The van der Waals surface area contributed by atoms with E-state index in [4.69, 9.17) is 14.2 Å². The fraction of sp³-hybridized carbons (Fsp3) is 0.350. The van der Waals surface area contributed by atoms with E-state index < -0.39 is 0 Å². The van der Waals surface area contributed by atoms with E-state index in [9.17, 15) is 9.90 Å². The number of ether oxygens (including phenoxy) is 3. The molecule has 134 valence electrons. The van der Waals surface area contributed by atoms with Crippen LogP contribution in [0.5, 0.6) is 17.2 Å². The Morgan fingerprint density at radius 1 is 1.27 bits per heavy atom. The lowest BCUT2D eigenvalue weighted by Crippen LogP contribution is -2.42. The number of carbonyl (C=O) groups excluding carboxylic acids is 1. The van der Waals surface area contributed by atoms with E-state index in [0.29, 0.717) is 31.1 Å². The molecule has 6 nitrogen and oxygen atoms in total. The Morgan fingerprint density at radius 2 is 2.08 bits per heavy atom. The van der Waals surface area contributed by atoms with Crippen LogP contribution < -0.4 is 9.47 Å². The molecule has 2 aromatic rings. The molecule has 1 N–H and O–H groups in total. The first-order valence-electron chi connectivity index (χ1n) is 8.88. The third-order valence-corrected chi connectivity index (χ3v) is 5.43. The molecule has 2 aromatic carbocycles. The van der Waals surface area contributed by atoms with Crippen molar-refractivity contribution in [1.82, 2.24) is 4.90 Å². The van der Waals surface area contributed by atoms with Gasteiger partial charge in [-0.2, -0.15) is 0 Å². The summed E-state index contributed by atoms with van der Waals surface area (Å²) in [6.45, 7) is 2.97. The Labute approximate surface area is 150 Å². The maximum atomic E-state index is 12.5. The van der Waals surface area contributed by atoms with E-state index >= 15 is 0 Å². The van der Waals surface area contributed by atoms with Gasteiger partial charge in [-0.25, -0.2) is 4.79 Å². The summed E-state index contributed by atoms with van der Waals surface area (Å²) in [6, 6.07) is 7.46. The average molecular weight is 353 g/mol. The second kappa shape index (κ2) is 5.56. The number of benzene rings is 2. The van der Waals surface area contributed by atoms with Crippen LogP contribution in [0.3, 0.4) is 0 Å². The molecule has 2 heterocycles. The highest BCUT2D eigenvalue weighted by Gasteiger charge is 2.39. The molecule has 3 aliphatic rings. The normalized spacial score (nSPS) is 19.0. The Morgan fingerprint density at radius 3 is 2.88 bits per heavy atom. The number of amides is 1. The number of hydrogen-bond donors (Lipinski definition) is 1. The minimum Gasteiger partial charge on any atom is -0.507 e. The van der Waals surface area contributed by atoms with Gasteiger partial charge in [0.15, 0.2) is 11.5 Å². The first-order valence-corrected chi connectivity index (χ1v) is 8.88. The summed E-state index contributed by atoms with van der Waals surface area (Å²) in [5.41, 5.74) is 4.98. The minimum atomic E-state index is -0.304. The maximum Gasteiger partial charge on any atom is 0.410 e. The van der Waals surface area contributed by atoms with Gasteiger partial charge < -0.3 is 24.2 Å². The highest BCUT2D eigenvalue weighted by atomic mass is 16.7. The first-order chi connectivity index (χ1) is 12.7. The Balaban J connectivity index is 1.70. The molecule has 0 bridgehead atoms. The van der Waals surface area contributed by atoms with Crippen LogP contribution in [-0.4, -0.2) is 36.0 Å². The zero-order valence-corrected chi connectivity index (χ0v) is 14.4. The van der Waals surface area contributed by atoms with Crippen molar-refractivity contribution in [3.05, 3.63) is 41.0 Å². The largest absolute Gasteiger partial charge is 0.507 e. The molecule has 26 heavy (non-hydrogen) atoms. The van der Waals surface area contributed by atoms with Gasteiger partial charge in [-0.3, -0.25) is 0 Å². The summed E-state index contributed by atoms with van der Waals surface area (Å²) < 4.78 is 16.3. The van der Waals surface area contributed by atoms with Gasteiger partial charge >= 0.3 is 6.09 Å². The topological polar surface area (TPSA) is 68.2 Å². The Bertz CT molecular complexity index is 923. The van der Waals surface area contributed by atoms with Crippen LogP contribution in [0.2, 0.25) is 0 Å². The summed E-state index contributed by atoms with van der Waals surface area (Å²) in [6.07, 6.45) is 1.10. The first kappa shape index (κ1) is 15.4. The van der Waals surface area contributed by atoms with Gasteiger partial charge in [0, 0.05) is 12.1 Å². The van der Waals surface area contributed by atoms with Crippen LogP contribution in [0.1, 0.15) is 29.7 Å². The number of aromatic hydroxyl groups is 1. The van der Waals surface area contributed by atoms with E-state index in [0.717, 1.165) is 28.7 Å². The molecular formula is C20H19NO5. The summed E-state index contributed by atoms with van der Waals surface area (Å²) in [5.74, 6) is 1.62. The van der Waals surface area contributed by atoms with Gasteiger partial charge in [-0.05, 0) is 60.2 Å². The molecule has 0 saturated carbocycles. The molecule has 0 saturated heterocycles. The third kappa shape index (κ3) is 2.08. The molecule has 2 aliphatic heterocycles. The van der Waals surface area contributed by atoms with Crippen molar-refractivity contribution in [3.8, 4) is 28.4 Å². The highest BCUT2D eigenvalue weighted by Crippen LogP contribution is 2.51. The molecule has 0 fully saturated rings. The lowest BCUT2D eigenvalue weighted by atomic mass is 9.76. The zero-order valence-electron chi connectivity index (χ0n) is 14.4. The fourth-order valence-corrected chi connectivity index (χ4v) is 4.32. The summed E-state index contributed by atoms with van der Waals surface area (Å²) in [5, 5.41) is 10.6. The smallest absolute Gasteiger partial charge is 0.410 e. The minimum absolute atomic E-state index is 0.146. The van der Waals surface area contributed by atoms with Crippen molar-refractivity contribution in [2.45, 2.75) is 25.8 Å². The Kier molecular flexibility index (Phi) is 3.29. The zero-order chi connectivity index (χ0) is 17.8. The van der Waals surface area contributed by atoms with Crippen molar-refractivity contribution in [3.63, 3.8) is 0 Å². The fourth-order valence-electron chi connectivity index (χ4n) is 4.32. The van der Waals surface area contributed by atoms with Gasteiger partial charge in [-0.1, -0.05) is 6.07 Å². The number of rotatable bonds is 1. The van der Waals surface area contributed by atoms with E-state index in [1.54, 1.807) is 11.0 Å². The van der Waals surface area contributed by atoms with Gasteiger partial charge in [-0.15, -0.1) is 0 Å². The van der Waals surface area contributed by atoms with Crippen molar-refractivity contribution in [2.24, 2.45) is 0 Å². The number of nitrogens with zero attached hydrogens (tertiary/aromatic N) is 1. The molecule has 0 aromatic heterocycles. The number of fused-ring (bicyclic) bond motifs is 3. The van der Waals surface area contributed by atoms with Crippen LogP contribution in [0.15, 0.2) is 24.3 Å². The second-order valence-corrected chi connectivity index (χ2v) is 6.76. The number of carbonyl (C=O) groups is 1. The molecule has 5 rings (SSSR count). The van der Waals surface area contributed by atoms with Crippen molar-refractivity contribution < 1.29 is 24.1 Å². The molecule has 1 unspecified atom stereocenters. The van der Waals surface area contributed by atoms with Crippen LogP contribution >= 0.6 is 0 Å². The van der Waals surface area contributed by atoms with E-state index in [2.05, 4.69) is 0 Å². The number of phenolic OH excluding ortho intramolecular Hbond substituents is 1. The maximum absolute atomic E-state index is 12.5. The molecule has 0 spiro atoms. The predicted octanol–water partition coefficient (Wildman–Crippen LogP) is 3.40. The summed E-state index contributed by atoms with van der Waals surface area (Å²) in [4.78, 5) is 14.3. The standard InChI is InChI=1S/C20H19NO5/c1-2-24-20(23)21-6-5-11-3-4-15(22)19-13-9-17-16(25-10-26-17)8-12(13)7-14(21)18(11)19/h3-4,8-9,14,22H,2,5-7,10H2,1H3. The average Bonchev–Trinajstić information content (AvgIpc) is 3.09. The van der Waals surface area contributed by atoms with Gasteiger partial charge in [0.2, 0.25) is 6.79 Å². The van der Waals surface area contributed by atoms with E-state index in [1.165, 1.54) is 5.56 Å². The molecule has 0 radical (unpaired) electrons. The van der Waals surface area contributed by atoms with Gasteiger partial charge in [0.05, 0.1) is 12.6 Å². The van der Waals surface area contributed by atoms with E-state index in [-0.39, 0.29) is 24.7 Å². The molecule has 1 amide bonds. The molecular weight excluding hydrogens is 334 g/mol. The summed E-state index contributed by atoms with van der Waals surface area (Å²) in [7, 11) is 0. The highest BCUT2D eigenvalue weighted by molar-refractivity contribution is 5.83. The van der Waals surface area contributed by atoms with Crippen molar-refractivity contribution in [1.29, 1.82) is 0 Å². The number of phenols is 1. The number of hydrogen-bond acceptors (Lipinski definition) is 5. The van der Waals surface area contributed by atoms with E-state index in [1.807, 2.05) is 25.1 Å². The molecule has 6 heteroatoms. The molecule has 1 atom stereocenters. The second-order valence-electron chi connectivity index (χ2n) is 6.76. The van der Waals surface area contributed by atoms with Crippen molar-refractivity contribution >= 4 is 6.09 Å². The quantitative estimate of drug-likeness (QED) is 0.851. The van der Waals surface area contributed by atoms with Gasteiger partial charge in [0.25, 0.3) is 0 Å². The Hall–Kier alpha value is -2.89. The predicted molar refractivity (Wildman–Crippen MR) is 93.5 cm³/mol. The van der Waals surface area contributed by atoms with Crippen molar-refractivity contribution in [2.75, 3.05) is 19.9 Å². The van der Waals surface area contributed by atoms with Crippen LogP contribution in [0, 0.1) is 0 Å². The SMILES string of the molecule is CCOC(=O)N1CCc2ccc(O)c3c2C1Cc1cc2c(cc1-3)OCO2. The lowest BCUT2D eigenvalue weighted by molar-refractivity contribution is 0.0861. The third-order valence-electron chi connectivity index (χ3n) is 5.43. The van der Waals surface area contributed by atoms with Gasteiger partial charge in [0.1, 0.15) is 5.75 Å². The van der Waals surface area contributed by atoms with Crippen LogP contribution in [-0.2, 0) is 17.6 Å².